The molecule has 1 aliphatic rings. The molecule has 6 rings (SSSR count). The number of hydrogen-bond acceptors (Lipinski definition) is 6. The number of aryl methyl sites for hydroxylation is 1. The number of fused-ring (bicyclic) bond motifs is 3. The Morgan fingerprint density at radius 1 is 1.06 bits per heavy atom. The second kappa shape index (κ2) is 7.68. The summed E-state index contributed by atoms with van der Waals surface area (Å²) in [5.74, 6) is 2.26. The third kappa shape index (κ3) is 3.37. The normalized spacial score (nSPS) is 15.2. The lowest BCUT2D eigenvalue weighted by atomic mass is 9.87. The zero-order chi connectivity index (χ0) is 24.3. The molecule has 8 heteroatoms. The van der Waals surface area contributed by atoms with Gasteiger partial charge < -0.3 is 19.1 Å². The number of allylic oxidation sites excluding steroid dienone is 1. The fraction of sp³-hybridized carbons (Fsp3) is 0.222. The van der Waals surface area contributed by atoms with Gasteiger partial charge in [-0.05, 0) is 52.0 Å². The van der Waals surface area contributed by atoms with E-state index >= 15 is 0 Å². The lowest BCUT2D eigenvalue weighted by molar-refractivity contribution is 0.0930. The van der Waals surface area contributed by atoms with Gasteiger partial charge in [-0.2, -0.15) is 0 Å². The number of nitrogens with zero attached hydrogens (tertiary/aromatic N) is 4. The molecule has 0 saturated carbocycles. The van der Waals surface area contributed by atoms with Crippen LogP contribution in [0.15, 0.2) is 60.7 Å². The van der Waals surface area contributed by atoms with Crippen molar-refractivity contribution in [3.8, 4) is 22.8 Å². The van der Waals surface area contributed by atoms with Gasteiger partial charge in [0, 0.05) is 33.9 Å². The van der Waals surface area contributed by atoms with Crippen LogP contribution in [0.5, 0.6) is 5.75 Å². The van der Waals surface area contributed by atoms with Crippen LogP contribution in [0.25, 0.3) is 44.6 Å². The Bertz CT molecular complexity index is 1630. The Labute approximate surface area is 202 Å². The predicted octanol–water partition coefficient (Wildman–Crippen LogP) is 5.33. The molecular formula is C27H26N6O2. The van der Waals surface area contributed by atoms with Gasteiger partial charge in [-0.1, -0.05) is 18.2 Å². The smallest absolute Gasteiger partial charge is 0.142 e. The monoisotopic (exact) mass is 466 g/mol. The molecular weight excluding hydrogens is 440 g/mol. The maximum absolute atomic E-state index is 5.87. The summed E-state index contributed by atoms with van der Waals surface area (Å²) in [5, 5.41) is 1.90. The van der Waals surface area contributed by atoms with Crippen LogP contribution in [-0.2, 0) is 4.84 Å². The van der Waals surface area contributed by atoms with Crippen LogP contribution in [0.2, 0.25) is 0 Å². The number of hydroxylamine groups is 1. The first kappa shape index (κ1) is 21.4. The van der Waals surface area contributed by atoms with E-state index < -0.39 is 0 Å². The highest BCUT2D eigenvalue weighted by molar-refractivity contribution is 6.13. The van der Waals surface area contributed by atoms with E-state index in [1.807, 2.05) is 61.3 Å². The lowest BCUT2D eigenvalue weighted by Gasteiger charge is -2.22. The average Bonchev–Trinajstić information content (AvgIpc) is 3.53. The second-order valence-electron chi connectivity index (χ2n) is 9.33. The van der Waals surface area contributed by atoms with Crippen LogP contribution < -0.4 is 10.2 Å². The fourth-order valence-electron chi connectivity index (χ4n) is 4.94. The highest BCUT2D eigenvalue weighted by atomic mass is 16.7. The van der Waals surface area contributed by atoms with Crippen molar-refractivity contribution in [1.82, 2.24) is 30.0 Å². The quantitative estimate of drug-likeness (QED) is 0.372. The van der Waals surface area contributed by atoms with Gasteiger partial charge >= 0.3 is 0 Å². The van der Waals surface area contributed by atoms with E-state index in [9.17, 15) is 0 Å². The lowest BCUT2D eigenvalue weighted by Crippen LogP contribution is -2.34. The molecule has 176 valence electrons. The van der Waals surface area contributed by atoms with E-state index in [2.05, 4.69) is 41.4 Å². The van der Waals surface area contributed by atoms with Crippen molar-refractivity contribution in [2.45, 2.75) is 33.2 Å². The number of ether oxygens (including phenoxy) is 1. The minimum Gasteiger partial charge on any atom is -0.496 e. The second-order valence-corrected chi connectivity index (χ2v) is 9.33. The summed E-state index contributed by atoms with van der Waals surface area (Å²) in [5.41, 5.74) is 9.08. The standard InChI is InChI=1S/C27H26N6O2/c1-15-24(27(3,4)32-35-15)19-11-20-18(12-22(19)34-5)23-25(29-16(2)30-26(23)31-20)21-13-33(14-28-21)17-9-7-6-8-10-17/h6-14,32H,1-5H3,(H,29,30,31). The number of aromatic nitrogens is 5. The molecule has 0 unspecified atom stereocenters. The van der Waals surface area contributed by atoms with Gasteiger partial charge in [0.25, 0.3) is 0 Å². The summed E-state index contributed by atoms with van der Waals surface area (Å²) in [7, 11) is 1.69. The van der Waals surface area contributed by atoms with Crippen molar-refractivity contribution in [1.29, 1.82) is 0 Å². The van der Waals surface area contributed by atoms with E-state index in [1.54, 1.807) is 7.11 Å². The first-order chi connectivity index (χ1) is 16.9. The Morgan fingerprint density at radius 3 is 2.57 bits per heavy atom. The molecule has 0 aliphatic carbocycles. The summed E-state index contributed by atoms with van der Waals surface area (Å²) < 4.78 is 7.86. The number of nitrogens with one attached hydrogen (secondary N) is 2. The summed E-state index contributed by atoms with van der Waals surface area (Å²) >= 11 is 0. The van der Waals surface area contributed by atoms with Gasteiger partial charge in [0.15, 0.2) is 0 Å². The van der Waals surface area contributed by atoms with Crippen molar-refractivity contribution in [2.75, 3.05) is 7.11 Å². The van der Waals surface area contributed by atoms with Crippen LogP contribution in [-0.4, -0.2) is 37.2 Å². The molecule has 2 aromatic carbocycles. The number of H-pyrrole nitrogens is 1. The van der Waals surface area contributed by atoms with Gasteiger partial charge in [-0.15, -0.1) is 5.48 Å². The molecule has 3 aromatic heterocycles. The van der Waals surface area contributed by atoms with E-state index in [0.29, 0.717) is 5.82 Å². The number of benzene rings is 2. The summed E-state index contributed by atoms with van der Waals surface area (Å²) in [6, 6.07) is 14.3. The van der Waals surface area contributed by atoms with Crippen molar-refractivity contribution >= 4 is 27.5 Å². The molecule has 4 heterocycles. The molecule has 5 aromatic rings. The van der Waals surface area contributed by atoms with Crippen LogP contribution >= 0.6 is 0 Å². The predicted molar refractivity (Wildman–Crippen MR) is 136 cm³/mol. The first-order valence-electron chi connectivity index (χ1n) is 11.5. The molecule has 0 spiro atoms. The maximum Gasteiger partial charge on any atom is 0.142 e. The first-order valence-corrected chi connectivity index (χ1v) is 11.5. The van der Waals surface area contributed by atoms with Gasteiger partial charge in [0.1, 0.15) is 34.4 Å². The van der Waals surface area contributed by atoms with Crippen molar-refractivity contribution in [3.63, 3.8) is 0 Å². The molecule has 0 radical (unpaired) electrons. The van der Waals surface area contributed by atoms with Crippen LogP contribution in [0.1, 0.15) is 32.2 Å². The van der Waals surface area contributed by atoms with Gasteiger partial charge in [-0.3, -0.25) is 0 Å². The highest BCUT2D eigenvalue weighted by Crippen LogP contribution is 2.43. The fourth-order valence-corrected chi connectivity index (χ4v) is 4.94. The number of rotatable bonds is 4. The SMILES string of the molecule is COc1cc2c(cc1C1=C(C)ONC1(C)C)[nH]c1nc(C)nc(-c3cn(-c4ccccc4)cn3)c12. The van der Waals surface area contributed by atoms with Gasteiger partial charge in [0.2, 0.25) is 0 Å². The molecule has 0 saturated heterocycles. The number of aromatic amines is 1. The van der Waals surface area contributed by atoms with Crippen molar-refractivity contribution in [2.24, 2.45) is 0 Å². The van der Waals surface area contributed by atoms with Crippen LogP contribution in [0.3, 0.4) is 0 Å². The molecule has 1 aliphatic heterocycles. The maximum atomic E-state index is 5.87. The number of methoxy groups -OCH3 is 1. The molecule has 0 amide bonds. The van der Waals surface area contributed by atoms with Crippen LogP contribution in [0, 0.1) is 6.92 Å². The van der Waals surface area contributed by atoms with Crippen molar-refractivity contribution in [3.05, 3.63) is 72.1 Å². The summed E-state index contributed by atoms with van der Waals surface area (Å²) in [4.78, 5) is 23.4. The van der Waals surface area contributed by atoms with E-state index in [1.165, 1.54) is 0 Å². The Balaban J connectivity index is 1.58. The summed E-state index contributed by atoms with van der Waals surface area (Å²) in [6.07, 6.45) is 3.81. The van der Waals surface area contributed by atoms with Crippen molar-refractivity contribution < 1.29 is 9.57 Å². The van der Waals surface area contributed by atoms with E-state index in [4.69, 9.17) is 19.5 Å². The minimum absolute atomic E-state index is 0.358. The molecule has 8 nitrogen and oxygen atoms in total. The molecule has 35 heavy (non-hydrogen) atoms. The molecule has 0 bridgehead atoms. The Hall–Kier alpha value is -4.17. The number of para-hydroxylation sites is 1. The van der Waals surface area contributed by atoms with E-state index in [0.717, 1.165) is 61.7 Å². The molecule has 2 N–H and O–H groups in total. The molecule has 0 fully saturated rings. The zero-order valence-electron chi connectivity index (χ0n) is 20.3. The largest absolute Gasteiger partial charge is 0.496 e. The highest BCUT2D eigenvalue weighted by Gasteiger charge is 2.35. The Morgan fingerprint density at radius 2 is 1.86 bits per heavy atom. The third-order valence-electron chi connectivity index (χ3n) is 6.47. The van der Waals surface area contributed by atoms with Gasteiger partial charge in [-0.25, -0.2) is 15.0 Å². The van der Waals surface area contributed by atoms with Gasteiger partial charge in [0.05, 0.1) is 24.4 Å². The number of hydrogen-bond donors (Lipinski definition) is 2. The van der Waals surface area contributed by atoms with Crippen LogP contribution in [0.4, 0.5) is 0 Å². The molecule has 0 atom stereocenters. The number of imidazole rings is 1. The minimum atomic E-state index is -0.358. The average molecular weight is 467 g/mol. The zero-order valence-corrected chi connectivity index (χ0v) is 20.3. The topological polar surface area (TPSA) is 89.9 Å². The van der Waals surface area contributed by atoms with E-state index in [-0.39, 0.29) is 5.54 Å². The Kier molecular flexibility index (Phi) is 4.69. The third-order valence-corrected chi connectivity index (χ3v) is 6.47. The summed E-state index contributed by atoms with van der Waals surface area (Å²) in [6.45, 7) is 8.03.